The zero-order chi connectivity index (χ0) is 20.7. The maximum Gasteiger partial charge on any atom is 0.319 e. The highest BCUT2D eigenvalue weighted by atomic mass is 32.2. The molecule has 2 aromatic rings. The van der Waals surface area contributed by atoms with Gasteiger partial charge in [0.15, 0.2) is 6.10 Å². The van der Waals surface area contributed by atoms with Crippen molar-refractivity contribution in [1.82, 2.24) is 0 Å². The van der Waals surface area contributed by atoms with E-state index in [0.717, 1.165) is 4.90 Å². The number of nitrogens with zero attached hydrogens (tertiary/aromatic N) is 1. The lowest BCUT2D eigenvalue weighted by Gasteiger charge is -2.17. The molecule has 0 saturated carbocycles. The highest BCUT2D eigenvalue weighted by molar-refractivity contribution is 8.00. The number of thioether (sulfide) groups is 1. The van der Waals surface area contributed by atoms with Crippen LogP contribution in [0, 0.1) is 10.1 Å². The molecule has 0 fully saturated rings. The van der Waals surface area contributed by atoms with Crippen LogP contribution in [0.1, 0.15) is 13.8 Å². The quantitative estimate of drug-likeness (QED) is 0.310. The first kappa shape index (κ1) is 21.2. The summed E-state index contributed by atoms with van der Waals surface area (Å²) < 4.78 is 10.3. The molecule has 28 heavy (non-hydrogen) atoms. The molecule has 0 aliphatic rings. The van der Waals surface area contributed by atoms with E-state index in [4.69, 9.17) is 9.47 Å². The summed E-state index contributed by atoms with van der Waals surface area (Å²) in [7, 11) is 1.33. The van der Waals surface area contributed by atoms with Crippen LogP contribution in [0.25, 0.3) is 0 Å². The minimum absolute atomic E-state index is 0.133. The van der Waals surface area contributed by atoms with Gasteiger partial charge in [0, 0.05) is 11.0 Å². The van der Waals surface area contributed by atoms with Crippen LogP contribution in [0.3, 0.4) is 0 Å². The largest absolute Gasteiger partial charge is 0.494 e. The molecular formula is C19H20N2O6S. The molecule has 0 radical (unpaired) electrons. The third-order valence-electron chi connectivity index (χ3n) is 3.70. The number of nitrogens with one attached hydrogen (secondary N) is 1. The minimum Gasteiger partial charge on any atom is -0.494 e. The van der Waals surface area contributed by atoms with Gasteiger partial charge in [-0.05, 0) is 32.0 Å². The number of carbonyl (C=O) groups excluding carboxylic acids is 2. The van der Waals surface area contributed by atoms with Gasteiger partial charge in [0.25, 0.3) is 11.6 Å². The van der Waals surface area contributed by atoms with Crippen LogP contribution in [0.5, 0.6) is 5.75 Å². The summed E-state index contributed by atoms with van der Waals surface area (Å²) in [5.74, 6) is -0.960. The van der Waals surface area contributed by atoms with E-state index in [9.17, 15) is 19.7 Å². The lowest BCUT2D eigenvalue weighted by Crippen LogP contribution is -2.32. The number of esters is 1. The van der Waals surface area contributed by atoms with Gasteiger partial charge in [0.05, 0.1) is 23.8 Å². The van der Waals surface area contributed by atoms with E-state index in [1.165, 1.54) is 44.0 Å². The zero-order valence-electron chi connectivity index (χ0n) is 15.6. The molecule has 0 aliphatic heterocycles. The topological polar surface area (TPSA) is 108 Å². The molecule has 0 bridgehead atoms. The van der Waals surface area contributed by atoms with E-state index in [-0.39, 0.29) is 17.1 Å². The molecule has 0 spiro atoms. The highest BCUT2D eigenvalue weighted by Crippen LogP contribution is 2.29. The molecule has 0 saturated heterocycles. The van der Waals surface area contributed by atoms with Crippen LogP contribution in [-0.4, -0.2) is 35.3 Å². The Morgan fingerprint density at radius 1 is 1.14 bits per heavy atom. The average molecular weight is 404 g/mol. The first-order chi connectivity index (χ1) is 13.3. The van der Waals surface area contributed by atoms with E-state index in [0.29, 0.717) is 0 Å². The van der Waals surface area contributed by atoms with Gasteiger partial charge in [-0.15, -0.1) is 11.8 Å². The van der Waals surface area contributed by atoms with Crippen molar-refractivity contribution in [3.8, 4) is 5.75 Å². The van der Waals surface area contributed by atoms with Gasteiger partial charge in [-0.3, -0.25) is 19.7 Å². The van der Waals surface area contributed by atoms with E-state index in [1.54, 1.807) is 6.92 Å². The molecule has 148 valence electrons. The van der Waals surface area contributed by atoms with Crippen LogP contribution in [0.15, 0.2) is 53.4 Å². The van der Waals surface area contributed by atoms with Crippen molar-refractivity contribution < 1.29 is 24.0 Å². The van der Waals surface area contributed by atoms with Gasteiger partial charge < -0.3 is 14.8 Å². The van der Waals surface area contributed by atoms with Crippen LogP contribution in [0.4, 0.5) is 11.4 Å². The SMILES string of the molecule is COc1cc([N+](=O)[O-])ccc1NC(=O)[C@@H](C)OC(=O)[C@H](C)Sc1ccccc1. The van der Waals surface area contributed by atoms with Crippen molar-refractivity contribution in [2.24, 2.45) is 0 Å². The first-order valence-corrected chi connectivity index (χ1v) is 9.25. The van der Waals surface area contributed by atoms with E-state index in [1.807, 2.05) is 30.3 Å². The number of amides is 1. The number of methoxy groups -OCH3 is 1. The Labute approximate surface area is 166 Å². The Kier molecular flexibility index (Phi) is 7.39. The van der Waals surface area contributed by atoms with Crippen LogP contribution >= 0.6 is 11.8 Å². The lowest BCUT2D eigenvalue weighted by atomic mass is 10.2. The third-order valence-corrected chi connectivity index (χ3v) is 4.79. The Balaban J connectivity index is 1.97. The van der Waals surface area contributed by atoms with Crippen LogP contribution in [-0.2, 0) is 14.3 Å². The summed E-state index contributed by atoms with van der Waals surface area (Å²) in [4.78, 5) is 35.7. The van der Waals surface area contributed by atoms with Gasteiger partial charge in [-0.25, -0.2) is 0 Å². The number of anilines is 1. The number of carbonyl (C=O) groups is 2. The summed E-state index contributed by atoms with van der Waals surface area (Å²) in [5, 5.41) is 12.9. The number of benzene rings is 2. The van der Waals surface area contributed by atoms with Crippen molar-refractivity contribution >= 4 is 35.0 Å². The molecule has 9 heteroatoms. The Morgan fingerprint density at radius 3 is 2.43 bits per heavy atom. The summed E-state index contributed by atoms with van der Waals surface area (Å²) in [6.07, 6.45) is -1.05. The summed E-state index contributed by atoms with van der Waals surface area (Å²) in [6.45, 7) is 3.15. The number of hydrogen-bond acceptors (Lipinski definition) is 7. The van der Waals surface area contributed by atoms with E-state index in [2.05, 4.69) is 5.32 Å². The van der Waals surface area contributed by atoms with E-state index < -0.39 is 28.2 Å². The number of nitro groups is 1. The molecule has 2 atom stereocenters. The van der Waals surface area contributed by atoms with Gasteiger partial charge >= 0.3 is 5.97 Å². The second-order valence-corrected chi connectivity index (χ2v) is 7.20. The number of rotatable bonds is 8. The van der Waals surface area contributed by atoms with Gasteiger partial charge in [-0.2, -0.15) is 0 Å². The fourth-order valence-corrected chi connectivity index (χ4v) is 3.08. The molecule has 2 aromatic carbocycles. The van der Waals surface area contributed by atoms with Crippen molar-refractivity contribution in [2.75, 3.05) is 12.4 Å². The monoisotopic (exact) mass is 404 g/mol. The predicted octanol–water partition coefficient (Wildman–Crippen LogP) is 3.65. The Bertz CT molecular complexity index is 859. The smallest absolute Gasteiger partial charge is 0.319 e. The van der Waals surface area contributed by atoms with Crippen molar-refractivity contribution in [3.63, 3.8) is 0 Å². The summed E-state index contributed by atoms with van der Waals surface area (Å²) in [5.41, 5.74) is 0.0776. The Hall–Kier alpha value is -3.07. The Morgan fingerprint density at radius 2 is 1.82 bits per heavy atom. The molecule has 2 rings (SSSR count). The van der Waals surface area contributed by atoms with E-state index >= 15 is 0 Å². The molecule has 0 aromatic heterocycles. The molecular weight excluding hydrogens is 384 g/mol. The molecule has 0 unspecified atom stereocenters. The predicted molar refractivity (Wildman–Crippen MR) is 106 cm³/mol. The van der Waals surface area contributed by atoms with Gasteiger partial charge in [-0.1, -0.05) is 18.2 Å². The number of hydrogen-bond donors (Lipinski definition) is 1. The fourth-order valence-electron chi connectivity index (χ4n) is 2.21. The number of non-ortho nitro benzene ring substituents is 1. The van der Waals surface area contributed by atoms with Crippen LogP contribution < -0.4 is 10.1 Å². The standard InChI is InChI=1S/C19H20N2O6S/c1-12(27-19(23)13(2)28-15-7-5-4-6-8-15)18(22)20-16-10-9-14(21(24)25)11-17(16)26-3/h4-13H,1-3H3,(H,20,22)/t12-,13+/m1/s1. The maximum absolute atomic E-state index is 12.3. The highest BCUT2D eigenvalue weighted by Gasteiger charge is 2.24. The second-order valence-electron chi connectivity index (χ2n) is 5.78. The summed E-state index contributed by atoms with van der Waals surface area (Å²) in [6, 6.07) is 13.2. The third kappa shape index (κ3) is 5.71. The lowest BCUT2D eigenvalue weighted by molar-refractivity contribution is -0.384. The normalized spacial score (nSPS) is 12.5. The number of ether oxygens (including phenoxy) is 2. The fraction of sp³-hybridized carbons (Fsp3) is 0.263. The summed E-state index contributed by atoms with van der Waals surface area (Å²) >= 11 is 1.33. The van der Waals surface area contributed by atoms with Gasteiger partial charge in [0.1, 0.15) is 11.0 Å². The molecule has 0 heterocycles. The van der Waals surface area contributed by atoms with Crippen molar-refractivity contribution in [2.45, 2.75) is 30.1 Å². The second kappa shape index (κ2) is 9.75. The molecule has 8 nitrogen and oxygen atoms in total. The van der Waals surface area contributed by atoms with Crippen molar-refractivity contribution in [3.05, 3.63) is 58.6 Å². The van der Waals surface area contributed by atoms with Crippen molar-refractivity contribution in [1.29, 1.82) is 0 Å². The minimum atomic E-state index is -1.05. The number of nitro benzene ring substituents is 1. The van der Waals surface area contributed by atoms with Crippen LogP contribution in [0.2, 0.25) is 0 Å². The zero-order valence-corrected chi connectivity index (χ0v) is 16.4. The molecule has 1 N–H and O–H groups in total. The molecule has 1 amide bonds. The van der Waals surface area contributed by atoms with Gasteiger partial charge in [0.2, 0.25) is 0 Å². The first-order valence-electron chi connectivity index (χ1n) is 8.37. The molecule has 0 aliphatic carbocycles. The maximum atomic E-state index is 12.3. The average Bonchev–Trinajstić information content (AvgIpc) is 2.68.